The lowest BCUT2D eigenvalue weighted by atomic mass is 10.2. The van der Waals surface area contributed by atoms with Gasteiger partial charge in [0, 0.05) is 2.74 Å². The first-order chi connectivity index (χ1) is 6.08. The summed E-state index contributed by atoms with van der Waals surface area (Å²) in [6.45, 7) is 0. The van der Waals surface area contributed by atoms with E-state index in [-0.39, 0.29) is 0 Å². The average Bonchev–Trinajstić information content (AvgIpc) is 2.01. The van der Waals surface area contributed by atoms with Crippen molar-refractivity contribution in [2.75, 3.05) is 0 Å². The molecule has 0 radical (unpaired) electrons. The Bertz CT molecular complexity index is 268. The summed E-state index contributed by atoms with van der Waals surface area (Å²) in [4.78, 5) is 20.8. The van der Waals surface area contributed by atoms with Gasteiger partial charge >= 0.3 is 11.9 Å². The molecule has 5 heteroatoms. The van der Waals surface area contributed by atoms with Crippen molar-refractivity contribution < 1.29 is 26.7 Å². The van der Waals surface area contributed by atoms with E-state index in [0.717, 1.165) is 0 Å². The number of nitrogens with two attached hydrogens (primary N) is 1. The maximum Gasteiger partial charge on any atom is 0.321 e. The normalized spacial score (nSPS) is 26.1. The van der Waals surface area contributed by atoms with Crippen LogP contribution in [0.2, 0.25) is 2.82 Å². The predicted molar refractivity (Wildman–Crippen MR) is 27.9 cm³/mol. The Balaban J connectivity index is 5.43. The first-order valence-corrected chi connectivity index (χ1v) is 1.83. The number of carbonyl (C=O) groups is 2. The zero-order valence-corrected chi connectivity index (χ0v) is 4.16. The van der Waals surface area contributed by atoms with Crippen LogP contribution in [0.1, 0.15) is 10.5 Å². The minimum atomic E-state index is -3.57. The van der Waals surface area contributed by atoms with Gasteiger partial charge in [0.05, 0.1) is 7.74 Å². The van der Waals surface area contributed by atoms with Crippen LogP contribution in [0.15, 0.2) is 0 Å². The van der Waals surface area contributed by atoms with Crippen molar-refractivity contribution in [1.29, 1.82) is 0 Å². The molecule has 0 heterocycles. The molecule has 0 fully saturated rings. The minimum absolute atomic E-state index is 0.802. The molecule has 0 aliphatic carbocycles. The first kappa shape index (κ1) is 2.66. The summed E-state index contributed by atoms with van der Waals surface area (Å²) < 4.78 is 33.7. The number of hydrogen-bond acceptors (Lipinski definition) is 3. The van der Waals surface area contributed by atoms with Gasteiger partial charge in [0.15, 0.2) is 0 Å². The van der Waals surface area contributed by atoms with Gasteiger partial charge in [-0.1, -0.05) is 0 Å². The van der Waals surface area contributed by atoms with Gasteiger partial charge in [-0.05, 0) is 0 Å². The molecule has 0 aliphatic rings. The molecule has 0 saturated heterocycles. The van der Waals surface area contributed by atoms with Crippen LogP contribution >= 0.6 is 0 Å². The van der Waals surface area contributed by atoms with E-state index in [9.17, 15) is 9.59 Å². The van der Waals surface area contributed by atoms with E-state index >= 15 is 0 Å². The fraction of sp³-hybridized carbons (Fsp3) is 0.500. The van der Waals surface area contributed by atoms with Crippen molar-refractivity contribution in [1.82, 2.24) is 0 Å². The van der Waals surface area contributed by atoms with Crippen LogP contribution in [-0.2, 0) is 9.59 Å². The van der Waals surface area contributed by atoms with Gasteiger partial charge in [0.1, 0.15) is 8.84 Å². The number of aliphatic carboxylic acids is 2. The largest absolute Gasteiger partial charge is 0.481 e. The summed E-state index contributed by atoms with van der Waals surface area (Å²) in [7, 11) is 0. The van der Waals surface area contributed by atoms with Crippen molar-refractivity contribution >= 4 is 11.9 Å². The predicted octanol–water partition coefficient (Wildman–Crippen LogP) is -1.13. The third-order valence-corrected chi connectivity index (χ3v) is 0.428. The minimum Gasteiger partial charge on any atom is -0.481 e. The van der Waals surface area contributed by atoms with Crippen LogP contribution < -0.4 is 5.72 Å². The fourth-order valence-corrected chi connectivity index (χ4v) is 0.155. The molecule has 0 unspecified atom stereocenters. The van der Waals surface area contributed by atoms with Crippen LogP contribution in [0.5, 0.6) is 0 Å². The van der Waals surface area contributed by atoms with E-state index in [1.54, 1.807) is 0 Å². The monoisotopic (exact) mass is 138 g/mol. The summed E-state index contributed by atoms with van der Waals surface area (Å²) in [6, 6.07) is -3.52. The van der Waals surface area contributed by atoms with Crippen molar-refractivity contribution in [2.24, 2.45) is 5.72 Å². The van der Waals surface area contributed by atoms with E-state index in [1.807, 2.05) is 0 Å². The van der Waals surface area contributed by atoms with Gasteiger partial charge < -0.3 is 15.9 Å². The molecular weight excluding hydrogens is 126 g/mol. The van der Waals surface area contributed by atoms with E-state index in [4.69, 9.17) is 17.1 Å². The van der Waals surface area contributed by atoms with Gasteiger partial charge in [0.2, 0.25) is 0 Å². The highest BCUT2D eigenvalue weighted by molar-refractivity contribution is 5.80. The van der Waals surface area contributed by atoms with Gasteiger partial charge in [-0.25, -0.2) is 0 Å². The van der Waals surface area contributed by atoms with Crippen molar-refractivity contribution in [3.63, 3.8) is 0 Å². The maximum absolute atomic E-state index is 10.4. The topological polar surface area (TPSA) is 101 Å². The van der Waals surface area contributed by atoms with E-state index in [0.29, 0.717) is 0 Å². The fourth-order valence-electron chi connectivity index (χ4n) is 0.155. The number of hydrogen-bond donors (Lipinski definition) is 3. The Morgan fingerprint density at radius 1 is 1.89 bits per heavy atom. The summed E-state index contributed by atoms with van der Waals surface area (Å²) in [5, 5.41) is 16.7. The second-order valence-electron chi connectivity index (χ2n) is 1.08. The molecule has 0 aromatic carbocycles. The SMILES string of the molecule is [2H]N([2H])[C@]([2H])(C(=O)O)C([2H])([2H])C(=O)O. The molecule has 4 N–H and O–H groups in total. The highest BCUT2D eigenvalue weighted by Gasteiger charge is 2.14. The number of carboxylic acids is 2. The second-order valence-corrected chi connectivity index (χ2v) is 1.08. The van der Waals surface area contributed by atoms with Crippen LogP contribution in [-0.4, -0.2) is 28.2 Å². The van der Waals surface area contributed by atoms with E-state index < -0.39 is 30.0 Å². The van der Waals surface area contributed by atoms with Crippen LogP contribution in [0, 0.1) is 0 Å². The zero-order valence-electron chi connectivity index (χ0n) is 9.16. The molecule has 9 heavy (non-hydrogen) atoms. The second kappa shape index (κ2) is 3.03. The average molecular weight is 138 g/mol. The molecule has 0 saturated carbocycles. The van der Waals surface area contributed by atoms with Crippen LogP contribution in [0.3, 0.4) is 0 Å². The Kier molecular flexibility index (Phi) is 0.895. The lowest BCUT2D eigenvalue weighted by Crippen LogP contribution is -2.32. The zero-order chi connectivity index (χ0) is 11.7. The summed E-state index contributed by atoms with van der Waals surface area (Å²) in [6.07, 6.45) is -3.57. The van der Waals surface area contributed by atoms with Gasteiger partial charge in [0.25, 0.3) is 0 Å². The lowest BCUT2D eigenvalue weighted by molar-refractivity contribution is -0.144. The molecule has 0 amide bonds. The quantitative estimate of drug-likeness (QED) is 0.456. The number of carboxylic acid groups (broad SMARTS) is 2. The van der Waals surface area contributed by atoms with E-state index in [1.165, 1.54) is 0 Å². The number of rotatable bonds is 4. The third-order valence-electron chi connectivity index (χ3n) is 0.428. The molecule has 1 atom stereocenters. The standard InChI is InChI=1S/C4H7NO4/c5-2(4(8)9)1-3(6)7/h2H,1,5H2,(H,6,7)(H,8,9)/t2-/m0/s1/i1D2,2D/hD2. The molecule has 0 bridgehead atoms. The summed E-state index contributed by atoms with van der Waals surface area (Å²) >= 11 is 0. The Labute approximate surface area is 58.2 Å². The van der Waals surface area contributed by atoms with E-state index in [2.05, 4.69) is 0 Å². The molecule has 0 spiro atoms. The Hall–Kier alpha value is -1.10. The molecular formula is C4H7NO4. The van der Waals surface area contributed by atoms with Crippen molar-refractivity contribution in [3.05, 3.63) is 0 Å². The maximum atomic E-state index is 10.4. The van der Waals surface area contributed by atoms with Crippen molar-refractivity contribution in [3.8, 4) is 0 Å². The first-order valence-electron chi connectivity index (χ1n) is 4.22. The summed E-state index contributed by atoms with van der Waals surface area (Å²) in [5.41, 5.74) is -0.802. The Morgan fingerprint density at radius 3 is 2.56 bits per heavy atom. The highest BCUT2D eigenvalue weighted by atomic mass is 16.4. The molecule has 0 aromatic heterocycles. The third kappa shape index (κ3) is 3.48. The van der Waals surface area contributed by atoms with Gasteiger partial charge in [-0.3, -0.25) is 9.59 Å². The van der Waals surface area contributed by atoms with Crippen LogP contribution in [0.25, 0.3) is 0 Å². The Morgan fingerprint density at radius 2 is 2.44 bits per heavy atom. The lowest BCUT2D eigenvalue weighted by Gasteiger charge is -1.99. The highest BCUT2D eigenvalue weighted by Crippen LogP contribution is 1.86. The van der Waals surface area contributed by atoms with Gasteiger partial charge in [-0.15, -0.1) is 0 Å². The van der Waals surface area contributed by atoms with Gasteiger partial charge in [-0.2, -0.15) is 0 Å². The molecule has 0 aliphatic heterocycles. The summed E-state index contributed by atoms with van der Waals surface area (Å²) in [5.74, 6) is -4.45. The van der Waals surface area contributed by atoms with Crippen molar-refractivity contribution in [2.45, 2.75) is 12.4 Å². The molecule has 5 nitrogen and oxygen atoms in total. The van der Waals surface area contributed by atoms with Crippen LogP contribution in [0.4, 0.5) is 0 Å². The molecule has 52 valence electrons. The molecule has 0 aromatic rings. The molecule has 0 rings (SSSR count). The smallest absolute Gasteiger partial charge is 0.321 e.